The topological polar surface area (TPSA) is 33.7 Å². The van der Waals surface area contributed by atoms with Crippen molar-refractivity contribution in [3.8, 4) is 0 Å². The number of methoxy groups -OCH3 is 1. The van der Waals surface area contributed by atoms with E-state index < -0.39 is 0 Å². The van der Waals surface area contributed by atoms with Crippen LogP contribution in [0.3, 0.4) is 0 Å². The van der Waals surface area contributed by atoms with E-state index in [9.17, 15) is 0 Å². The largest absolute Gasteiger partial charge is 0.382 e. The van der Waals surface area contributed by atoms with E-state index in [1.54, 1.807) is 7.11 Å². The molecule has 0 amide bonds. The van der Waals surface area contributed by atoms with Crippen LogP contribution in [0.15, 0.2) is 0 Å². The van der Waals surface area contributed by atoms with Crippen molar-refractivity contribution in [2.75, 3.05) is 53.6 Å². The van der Waals surface area contributed by atoms with Gasteiger partial charge in [0.25, 0.3) is 0 Å². The van der Waals surface area contributed by atoms with Crippen molar-refractivity contribution in [1.82, 2.24) is 10.2 Å². The number of rotatable bonds is 8. The van der Waals surface area contributed by atoms with Gasteiger partial charge in [-0.2, -0.15) is 0 Å². The Bertz CT molecular complexity index is 167. The number of nitrogens with one attached hydrogen (secondary N) is 1. The predicted molar refractivity (Wildman–Crippen MR) is 65.8 cm³/mol. The van der Waals surface area contributed by atoms with Crippen molar-refractivity contribution in [2.24, 2.45) is 0 Å². The molecule has 0 bridgehead atoms. The first-order valence-corrected chi connectivity index (χ1v) is 6.32. The van der Waals surface area contributed by atoms with E-state index in [1.165, 1.54) is 25.8 Å². The lowest BCUT2D eigenvalue weighted by Gasteiger charge is -2.32. The number of ether oxygens (including phenoxy) is 2. The molecule has 1 unspecified atom stereocenters. The third-order valence-electron chi connectivity index (χ3n) is 3.16. The molecule has 96 valence electrons. The van der Waals surface area contributed by atoms with Crippen molar-refractivity contribution in [3.63, 3.8) is 0 Å². The van der Waals surface area contributed by atoms with Gasteiger partial charge in [-0.05, 0) is 26.4 Å². The Kier molecular flexibility index (Phi) is 7.76. The standard InChI is InChI=1S/C12H26N2O2/c1-14-7-4-3-5-12(14)11-13-6-8-16-10-9-15-2/h12-13H,3-11H2,1-2H3. The van der Waals surface area contributed by atoms with Crippen LogP contribution >= 0.6 is 0 Å². The van der Waals surface area contributed by atoms with Gasteiger partial charge < -0.3 is 19.7 Å². The average molecular weight is 230 g/mol. The van der Waals surface area contributed by atoms with Gasteiger partial charge in [-0.15, -0.1) is 0 Å². The van der Waals surface area contributed by atoms with Crippen LogP contribution in [-0.4, -0.2) is 64.6 Å². The van der Waals surface area contributed by atoms with Crippen LogP contribution in [0, 0.1) is 0 Å². The summed E-state index contributed by atoms with van der Waals surface area (Å²) >= 11 is 0. The van der Waals surface area contributed by atoms with E-state index in [4.69, 9.17) is 9.47 Å². The maximum absolute atomic E-state index is 5.39. The molecule has 0 aliphatic carbocycles. The minimum absolute atomic E-state index is 0.686. The molecule has 1 aliphatic rings. The first-order valence-electron chi connectivity index (χ1n) is 6.32. The van der Waals surface area contributed by atoms with Crippen molar-refractivity contribution in [1.29, 1.82) is 0 Å². The van der Waals surface area contributed by atoms with Crippen molar-refractivity contribution in [3.05, 3.63) is 0 Å². The fraction of sp³-hybridized carbons (Fsp3) is 1.00. The summed E-state index contributed by atoms with van der Waals surface area (Å²) < 4.78 is 10.3. The number of hydrogen-bond acceptors (Lipinski definition) is 4. The summed E-state index contributed by atoms with van der Waals surface area (Å²) in [4.78, 5) is 2.46. The summed E-state index contributed by atoms with van der Waals surface area (Å²) in [6, 6.07) is 0.715. The Balaban J connectivity index is 1.90. The first kappa shape index (κ1) is 13.9. The lowest BCUT2D eigenvalue weighted by atomic mass is 10.0. The smallest absolute Gasteiger partial charge is 0.0700 e. The molecule has 1 aliphatic heterocycles. The Morgan fingerprint density at radius 1 is 1.25 bits per heavy atom. The number of likely N-dealkylation sites (tertiary alicyclic amines) is 1. The highest BCUT2D eigenvalue weighted by atomic mass is 16.5. The molecular formula is C12H26N2O2. The fourth-order valence-corrected chi connectivity index (χ4v) is 2.06. The van der Waals surface area contributed by atoms with Gasteiger partial charge in [0.15, 0.2) is 0 Å². The number of hydrogen-bond donors (Lipinski definition) is 1. The van der Waals surface area contributed by atoms with Gasteiger partial charge in [0.2, 0.25) is 0 Å². The van der Waals surface area contributed by atoms with Crippen LogP contribution in [0.2, 0.25) is 0 Å². The third kappa shape index (κ3) is 5.80. The van der Waals surface area contributed by atoms with E-state index in [0.717, 1.165) is 19.7 Å². The van der Waals surface area contributed by atoms with Gasteiger partial charge in [-0.25, -0.2) is 0 Å². The maximum atomic E-state index is 5.39. The van der Waals surface area contributed by atoms with E-state index in [1.807, 2.05) is 0 Å². The lowest BCUT2D eigenvalue weighted by molar-refractivity contribution is 0.0708. The second-order valence-electron chi connectivity index (χ2n) is 4.44. The highest BCUT2D eigenvalue weighted by Crippen LogP contribution is 2.13. The molecule has 1 fully saturated rings. The van der Waals surface area contributed by atoms with E-state index in [2.05, 4.69) is 17.3 Å². The monoisotopic (exact) mass is 230 g/mol. The van der Waals surface area contributed by atoms with E-state index in [-0.39, 0.29) is 0 Å². The molecule has 0 saturated carbocycles. The number of piperidine rings is 1. The highest BCUT2D eigenvalue weighted by Gasteiger charge is 2.17. The average Bonchev–Trinajstić information content (AvgIpc) is 2.30. The Labute approximate surface area is 99.3 Å². The molecule has 16 heavy (non-hydrogen) atoms. The zero-order chi connectivity index (χ0) is 11.6. The molecule has 0 aromatic heterocycles. The Morgan fingerprint density at radius 2 is 2.12 bits per heavy atom. The van der Waals surface area contributed by atoms with Crippen LogP contribution in [0.1, 0.15) is 19.3 Å². The minimum Gasteiger partial charge on any atom is -0.382 e. The SMILES string of the molecule is COCCOCCNCC1CCCCN1C. The number of likely N-dealkylation sites (N-methyl/N-ethyl adjacent to an activating group) is 1. The second kappa shape index (κ2) is 8.93. The van der Waals surface area contributed by atoms with E-state index >= 15 is 0 Å². The summed E-state index contributed by atoms with van der Waals surface area (Å²) in [7, 11) is 3.92. The fourth-order valence-electron chi connectivity index (χ4n) is 2.06. The summed E-state index contributed by atoms with van der Waals surface area (Å²) in [5.41, 5.74) is 0. The molecule has 0 radical (unpaired) electrons. The van der Waals surface area contributed by atoms with E-state index in [0.29, 0.717) is 19.3 Å². The Hall–Kier alpha value is -0.160. The molecule has 1 rings (SSSR count). The van der Waals surface area contributed by atoms with Crippen molar-refractivity contribution < 1.29 is 9.47 Å². The van der Waals surface area contributed by atoms with Gasteiger partial charge in [-0.3, -0.25) is 0 Å². The van der Waals surface area contributed by atoms with Gasteiger partial charge in [0.1, 0.15) is 0 Å². The molecule has 1 saturated heterocycles. The molecular weight excluding hydrogens is 204 g/mol. The van der Waals surface area contributed by atoms with Gasteiger partial charge in [0.05, 0.1) is 19.8 Å². The molecule has 1 heterocycles. The zero-order valence-corrected chi connectivity index (χ0v) is 10.7. The summed E-state index contributed by atoms with van der Waals surface area (Å²) in [5.74, 6) is 0. The van der Waals surface area contributed by atoms with Crippen molar-refractivity contribution in [2.45, 2.75) is 25.3 Å². The Morgan fingerprint density at radius 3 is 2.88 bits per heavy atom. The summed E-state index contributed by atoms with van der Waals surface area (Å²) in [5, 5.41) is 3.45. The van der Waals surface area contributed by atoms with Crippen LogP contribution in [0.4, 0.5) is 0 Å². The van der Waals surface area contributed by atoms with Crippen LogP contribution in [-0.2, 0) is 9.47 Å². The van der Waals surface area contributed by atoms with Crippen LogP contribution in [0.5, 0.6) is 0 Å². The second-order valence-corrected chi connectivity index (χ2v) is 4.44. The minimum atomic E-state index is 0.686. The maximum Gasteiger partial charge on any atom is 0.0700 e. The molecule has 4 heteroatoms. The van der Waals surface area contributed by atoms with Gasteiger partial charge in [0, 0.05) is 26.2 Å². The molecule has 1 N–H and O–H groups in total. The zero-order valence-electron chi connectivity index (χ0n) is 10.7. The lowest BCUT2D eigenvalue weighted by Crippen LogP contribution is -2.43. The number of nitrogens with zero attached hydrogens (tertiary/aromatic N) is 1. The van der Waals surface area contributed by atoms with Crippen molar-refractivity contribution >= 4 is 0 Å². The molecule has 1 atom stereocenters. The van der Waals surface area contributed by atoms with Gasteiger partial charge >= 0.3 is 0 Å². The molecule has 0 aromatic carbocycles. The third-order valence-corrected chi connectivity index (χ3v) is 3.16. The highest BCUT2D eigenvalue weighted by molar-refractivity contribution is 4.75. The predicted octanol–water partition coefficient (Wildman–Crippen LogP) is 0.723. The summed E-state index contributed by atoms with van der Waals surface area (Å²) in [6.07, 6.45) is 4.06. The quantitative estimate of drug-likeness (QED) is 0.623. The molecule has 0 spiro atoms. The molecule has 0 aromatic rings. The van der Waals surface area contributed by atoms with Crippen LogP contribution in [0.25, 0.3) is 0 Å². The summed E-state index contributed by atoms with van der Waals surface area (Å²) in [6.45, 7) is 5.43. The van der Waals surface area contributed by atoms with Gasteiger partial charge in [-0.1, -0.05) is 6.42 Å². The normalized spacial score (nSPS) is 22.5. The first-order chi connectivity index (χ1) is 7.84. The molecule has 4 nitrogen and oxygen atoms in total. The van der Waals surface area contributed by atoms with Crippen LogP contribution < -0.4 is 5.32 Å².